The molecule has 0 saturated heterocycles. The van der Waals surface area contributed by atoms with Gasteiger partial charge in [0.15, 0.2) is 6.04 Å². The summed E-state index contributed by atoms with van der Waals surface area (Å²) in [7, 11) is 0. The van der Waals surface area contributed by atoms with Crippen LogP contribution < -0.4 is 10.6 Å². The molecule has 1 aromatic rings. The molecule has 0 fully saturated rings. The van der Waals surface area contributed by atoms with Gasteiger partial charge in [0, 0.05) is 10.2 Å². The Bertz CT molecular complexity index is 496. The van der Waals surface area contributed by atoms with Crippen LogP contribution in [0.4, 0.5) is 10.5 Å². The average Bonchev–Trinajstić information content (AvgIpc) is 2.30. The maximum atomic E-state index is 11.6. The molecule has 0 aliphatic carbocycles. The molecule has 1 aromatic carbocycles. The largest absolute Gasteiger partial charge is 0.480 e. The summed E-state index contributed by atoms with van der Waals surface area (Å²) in [4.78, 5) is 22.4. The maximum Gasteiger partial charge on any atom is 0.328 e. The number of carboxylic acid groups (broad SMARTS) is 1. The first-order valence-electron chi connectivity index (χ1n) is 5.24. The third kappa shape index (κ3) is 4.70. The van der Waals surface area contributed by atoms with E-state index < -0.39 is 24.1 Å². The summed E-state index contributed by atoms with van der Waals surface area (Å²) < 4.78 is 0.674. The van der Waals surface area contributed by atoms with Crippen molar-refractivity contribution in [1.82, 2.24) is 5.32 Å². The van der Waals surface area contributed by atoms with Crippen molar-refractivity contribution in [3.8, 4) is 0 Å². The predicted octanol–water partition coefficient (Wildman–Crippen LogP) is 2.06. The lowest BCUT2D eigenvalue weighted by atomic mass is 10.2. The lowest BCUT2D eigenvalue weighted by Gasteiger charge is -2.17. The molecule has 2 atom stereocenters. The molecule has 0 aromatic heterocycles. The molecule has 0 bridgehead atoms. The summed E-state index contributed by atoms with van der Waals surface area (Å²) in [6.45, 7) is 1.27. The Labute approximate surface area is 122 Å². The van der Waals surface area contributed by atoms with Gasteiger partial charge in [-0.2, -0.15) is 0 Å². The van der Waals surface area contributed by atoms with Gasteiger partial charge in [-0.15, -0.1) is 0 Å². The van der Waals surface area contributed by atoms with Crippen LogP contribution >= 0.6 is 27.5 Å². The van der Waals surface area contributed by atoms with Crippen molar-refractivity contribution < 1.29 is 19.8 Å². The number of nitrogens with one attached hydrogen (secondary N) is 2. The van der Waals surface area contributed by atoms with Gasteiger partial charge >= 0.3 is 12.0 Å². The number of aliphatic carboxylic acids is 1. The molecular weight excluding hydrogens is 339 g/mol. The summed E-state index contributed by atoms with van der Waals surface area (Å²) in [5.74, 6) is -1.32. The van der Waals surface area contributed by atoms with Crippen LogP contribution in [0, 0.1) is 0 Å². The highest BCUT2D eigenvalue weighted by molar-refractivity contribution is 9.10. The third-order valence-corrected chi connectivity index (χ3v) is 3.45. The molecule has 0 aliphatic heterocycles. The summed E-state index contributed by atoms with van der Waals surface area (Å²) in [6, 6.07) is 2.61. The van der Waals surface area contributed by atoms with Gasteiger partial charge in [-0.3, -0.25) is 0 Å². The number of hydrogen-bond donors (Lipinski definition) is 4. The number of urea groups is 1. The molecule has 19 heavy (non-hydrogen) atoms. The van der Waals surface area contributed by atoms with Crippen LogP contribution in [0.5, 0.6) is 0 Å². The smallest absolute Gasteiger partial charge is 0.328 e. The average molecular weight is 352 g/mol. The van der Waals surface area contributed by atoms with E-state index in [4.69, 9.17) is 16.7 Å². The Hall–Kier alpha value is -1.31. The van der Waals surface area contributed by atoms with E-state index in [0.717, 1.165) is 0 Å². The second-order valence-corrected chi connectivity index (χ2v) is 5.05. The topological polar surface area (TPSA) is 98.7 Å². The van der Waals surface area contributed by atoms with Crippen LogP contribution in [0.2, 0.25) is 5.02 Å². The Balaban J connectivity index is 2.69. The fourth-order valence-corrected chi connectivity index (χ4v) is 1.70. The molecule has 104 valence electrons. The molecule has 1 rings (SSSR count). The minimum absolute atomic E-state index is 0.403. The van der Waals surface area contributed by atoms with Gasteiger partial charge in [0.25, 0.3) is 0 Å². The van der Waals surface area contributed by atoms with Gasteiger partial charge in [-0.05, 0) is 41.1 Å². The van der Waals surface area contributed by atoms with Crippen molar-refractivity contribution in [2.75, 3.05) is 5.32 Å². The number of hydrogen-bond acceptors (Lipinski definition) is 3. The third-order valence-electron chi connectivity index (χ3n) is 2.21. The number of aliphatic hydroxyl groups is 1. The highest BCUT2D eigenvalue weighted by Crippen LogP contribution is 2.25. The first kappa shape index (κ1) is 15.7. The van der Waals surface area contributed by atoms with Crippen LogP contribution in [0.3, 0.4) is 0 Å². The molecule has 6 nitrogen and oxygen atoms in total. The van der Waals surface area contributed by atoms with E-state index in [1.807, 2.05) is 0 Å². The molecule has 4 N–H and O–H groups in total. The van der Waals surface area contributed by atoms with Gasteiger partial charge < -0.3 is 20.8 Å². The Morgan fingerprint density at radius 1 is 1.42 bits per heavy atom. The zero-order valence-electron chi connectivity index (χ0n) is 9.85. The number of halogens is 2. The summed E-state index contributed by atoms with van der Waals surface area (Å²) in [5.41, 5.74) is 0.403. The van der Waals surface area contributed by atoms with Gasteiger partial charge in [-0.25, -0.2) is 9.59 Å². The van der Waals surface area contributed by atoms with Crippen molar-refractivity contribution >= 4 is 45.2 Å². The van der Waals surface area contributed by atoms with E-state index >= 15 is 0 Å². The Morgan fingerprint density at radius 3 is 2.53 bits per heavy atom. The zero-order valence-corrected chi connectivity index (χ0v) is 12.2. The summed E-state index contributed by atoms with van der Waals surface area (Å²) in [5, 5.41) is 23.0. The van der Waals surface area contributed by atoms with Gasteiger partial charge in [-0.1, -0.05) is 11.6 Å². The molecular formula is C11H12BrClN2O4. The van der Waals surface area contributed by atoms with Crippen LogP contribution in [0.1, 0.15) is 6.92 Å². The number of benzene rings is 1. The lowest BCUT2D eigenvalue weighted by molar-refractivity contribution is -0.141. The first-order valence-corrected chi connectivity index (χ1v) is 6.42. The molecule has 0 heterocycles. The fraction of sp³-hybridized carbons (Fsp3) is 0.273. The minimum Gasteiger partial charge on any atom is -0.480 e. The first-order chi connectivity index (χ1) is 8.81. The van der Waals surface area contributed by atoms with E-state index in [-0.39, 0.29) is 0 Å². The van der Waals surface area contributed by atoms with E-state index in [2.05, 4.69) is 26.6 Å². The summed E-state index contributed by atoms with van der Waals surface area (Å²) >= 11 is 9.05. The number of carbonyl (C=O) groups is 2. The molecule has 0 saturated carbocycles. The molecule has 0 aliphatic rings. The molecule has 2 amide bonds. The zero-order chi connectivity index (χ0) is 14.6. The highest BCUT2D eigenvalue weighted by atomic mass is 79.9. The molecule has 0 unspecified atom stereocenters. The summed E-state index contributed by atoms with van der Waals surface area (Å²) in [6.07, 6.45) is -1.21. The molecule has 8 heteroatoms. The van der Waals surface area contributed by atoms with Crippen molar-refractivity contribution in [2.24, 2.45) is 0 Å². The SMILES string of the molecule is C[C@@H](O)[C@H](NC(=O)Nc1ccc(Br)c(Cl)c1)C(=O)O. The monoisotopic (exact) mass is 350 g/mol. The number of rotatable bonds is 4. The van der Waals surface area contributed by atoms with E-state index in [1.54, 1.807) is 12.1 Å². The Morgan fingerprint density at radius 2 is 2.05 bits per heavy atom. The normalized spacial score (nSPS) is 13.5. The fourth-order valence-electron chi connectivity index (χ4n) is 1.27. The van der Waals surface area contributed by atoms with Gasteiger partial charge in [0.2, 0.25) is 0 Å². The van der Waals surface area contributed by atoms with Crippen LogP contribution in [-0.4, -0.2) is 34.4 Å². The number of carbonyl (C=O) groups excluding carboxylic acids is 1. The second-order valence-electron chi connectivity index (χ2n) is 3.78. The second kappa shape index (κ2) is 6.74. The number of aliphatic hydroxyl groups excluding tert-OH is 1. The lowest BCUT2D eigenvalue weighted by Crippen LogP contribution is -2.49. The standard InChI is InChI=1S/C11H12BrClN2O4/c1-5(16)9(10(17)18)15-11(19)14-6-2-3-7(12)8(13)4-6/h2-5,9,16H,1H3,(H,17,18)(H2,14,15,19)/t5-,9+/m1/s1. The van der Waals surface area contributed by atoms with Crippen molar-refractivity contribution in [3.05, 3.63) is 27.7 Å². The van der Waals surface area contributed by atoms with Gasteiger partial charge in [0.1, 0.15) is 0 Å². The van der Waals surface area contributed by atoms with E-state index in [9.17, 15) is 14.7 Å². The molecule has 0 spiro atoms. The van der Waals surface area contributed by atoms with Gasteiger partial charge in [0.05, 0.1) is 11.1 Å². The highest BCUT2D eigenvalue weighted by Gasteiger charge is 2.24. The number of anilines is 1. The maximum absolute atomic E-state index is 11.6. The minimum atomic E-state index is -1.38. The quantitative estimate of drug-likeness (QED) is 0.667. The van der Waals surface area contributed by atoms with Crippen molar-refractivity contribution in [3.63, 3.8) is 0 Å². The van der Waals surface area contributed by atoms with Crippen LogP contribution in [-0.2, 0) is 4.79 Å². The predicted molar refractivity (Wildman–Crippen MR) is 74.4 cm³/mol. The van der Waals surface area contributed by atoms with Crippen molar-refractivity contribution in [2.45, 2.75) is 19.1 Å². The molecule has 0 radical (unpaired) electrons. The number of amides is 2. The van der Waals surface area contributed by atoms with Crippen LogP contribution in [0.25, 0.3) is 0 Å². The number of carboxylic acids is 1. The van der Waals surface area contributed by atoms with E-state index in [1.165, 1.54) is 13.0 Å². The van der Waals surface area contributed by atoms with Crippen LogP contribution in [0.15, 0.2) is 22.7 Å². The van der Waals surface area contributed by atoms with Crippen molar-refractivity contribution in [1.29, 1.82) is 0 Å². The van der Waals surface area contributed by atoms with E-state index in [0.29, 0.717) is 15.2 Å². The Kier molecular flexibility index (Phi) is 5.59.